The molecule has 1 heterocycles. The number of hydrogen-bond donors (Lipinski definition) is 1. The lowest BCUT2D eigenvalue weighted by atomic mass is 10.1. The van der Waals surface area contributed by atoms with E-state index in [-0.39, 0.29) is 12.0 Å². The maximum Gasteiger partial charge on any atom is 0.258 e. The van der Waals surface area contributed by atoms with Gasteiger partial charge in [-0.1, -0.05) is 41.0 Å². The van der Waals surface area contributed by atoms with Crippen molar-refractivity contribution in [2.24, 2.45) is 11.7 Å². The first-order valence-electron chi connectivity index (χ1n) is 5.85. The fraction of sp³-hybridized carbons (Fsp3) is 0.385. The van der Waals surface area contributed by atoms with Crippen molar-refractivity contribution in [3.8, 4) is 11.5 Å². The van der Waals surface area contributed by atoms with Crippen LogP contribution in [0, 0.1) is 12.8 Å². The van der Waals surface area contributed by atoms with Crippen molar-refractivity contribution in [3.05, 3.63) is 34.1 Å². The molecule has 2 aromatic rings. The number of benzene rings is 1. The Hall–Kier alpha value is -1.20. The minimum Gasteiger partial charge on any atom is -0.334 e. The minimum absolute atomic E-state index is 0.199. The van der Waals surface area contributed by atoms with E-state index in [2.05, 4.69) is 26.1 Å². The van der Waals surface area contributed by atoms with Crippen molar-refractivity contribution in [2.45, 2.75) is 26.8 Å². The Morgan fingerprint density at radius 1 is 1.33 bits per heavy atom. The number of aromatic nitrogens is 2. The molecule has 0 spiro atoms. The molecule has 0 aliphatic carbocycles. The van der Waals surface area contributed by atoms with Crippen LogP contribution in [0.1, 0.15) is 31.3 Å². The van der Waals surface area contributed by atoms with Gasteiger partial charge < -0.3 is 10.3 Å². The van der Waals surface area contributed by atoms with Crippen molar-refractivity contribution in [2.75, 3.05) is 0 Å². The molecule has 0 bridgehead atoms. The maximum absolute atomic E-state index is 6.00. The lowest BCUT2D eigenvalue weighted by Crippen LogP contribution is -2.18. The third-order valence-electron chi connectivity index (χ3n) is 2.96. The molecule has 0 aliphatic heterocycles. The van der Waals surface area contributed by atoms with Crippen molar-refractivity contribution < 1.29 is 4.52 Å². The smallest absolute Gasteiger partial charge is 0.258 e. The van der Waals surface area contributed by atoms with Gasteiger partial charge in [0.1, 0.15) is 0 Å². The second-order valence-electron chi connectivity index (χ2n) is 4.64. The minimum atomic E-state index is -0.199. The Kier molecular flexibility index (Phi) is 3.82. The Morgan fingerprint density at radius 2 is 2.06 bits per heavy atom. The maximum atomic E-state index is 6.00. The molecule has 4 nitrogen and oxygen atoms in total. The van der Waals surface area contributed by atoms with Crippen LogP contribution in [0.4, 0.5) is 0 Å². The molecule has 0 fully saturated rings. The molecule has 1 aromatic carbocycles. The van der Waals surface area contributed by atoms with Crippen molar-refractivity contribution in [1.82, 2.24) is 10.1 Å². The van der Waals surface area contributed by atoms with E-state index in [0.717, 1.165) is 15.6 Å². The lowest BCUT2D eigenvalue weighted by Gasteiger charge is -2.09. The van der Waals surface area contributed by atoms with Gasteiger partial charge in [0.25, 0.3) is 5.89 Å². The monoisotopic (exact) mass is 309 g/mol. The van der Waals surface area contributed by atoms with E-state index in [1.165, 1.54) is 0 Å². The van der Waals surface area contributed by atoms with E-state index in [9.17, 15) is 0 Å². The second kappa shape index (κ2) is 5.20. The van der Waals surface area contributed by atoms with Gasteiger partial charge in [-0.05, 0) is 30.5 Å². The van der Waals surface area contributed by atoms with Crippen molar-refractivity contribution >= 4 is 15.9 Å². The van der Waals surface area contributed by atoms with E-state index in [0.29, 0.717) is 11.7 Å². The zero-order valence-electron chi connectivity index (χ0n) is 10.6. The van der Waals surface area contributed by atoms with Crippen LogP contribution in [0.3, 0.4) is 0 Å². The summed E-state index contributed by atoms with van der Waals surface area (Å²) in [6.07, 6.45) is 0. The highest BCUT2D eigenvalue weighted by molar-refractivity contribution is 9.10. The summed E-state index contributed by atoms with van der Waals surface area (Å²) in [6, 6.07) is 5.68. The Labute approximate surface area is 115 Å². The summed E-state index contributed by atoms with van der Waals surface area (Å²) in [6.45, 7) is 6.07. The summed E-state index contributed by atoms with van der Waals surface area (Å²) in [4.78, 5) is 4.38. The van der Waals surface area contributed by atoms with Crippen LogP contribution in [-0.2, 0) is 0 Å². The SMILES string of the molecule is Cc1c(Br)cccc1-c1nc(C(N)C(C)C)no1. The molecule has 0 saturated carbocycles. The Morgan fingerprint density at radius 3 is 2.72 bits per heavy atom. The van der Waals surface area contributed by atoms with Crippen molar-refractivity contribution in [1.29, 1.82) is 0 Å². The predicted octanol–water partition coefficient (Wildman–Crippen LogP) is 3.46. The zero-order valence-corrected chi connectivity index (χ0v) is 12.2. The molecule has 2 N–H and O–H groups in total. The molecular formula is C13H16BrN3O. The van der Waals surface area contributed by atoms with Gasteiger partial charge in [0.2, 0.25) is 0 Å². The first kappa shape index (κ1) is 13.2. The van der Waals surface area contributed by atoms with Gasteiger partial charge in [-0.15, -0.1) is 0 Å². The van der Waals surface area contributed by atoms with Crippen LogP contribution in [-0.4, -0.2) is 10.1 Å². The highest BCUT2D eigenvalue weighted by Gasteiger charge is 2.19. The number of nitrogens with zero attached hydrogens (tertiary/aromatic N) is 2. The van der Waals surface area contributed by atoms with E-state index in [4.69, 9.17) is 10.3 Å². The third kappa shape index (κ3) is 2.47. The largest absolute Gasteiger partial charge is 0.334 e. The fourth-order valence-electron chi connectivity index (χ4n) is 1.62. The highest BCUT2D eigenvalue weighted by Crippen LogP contribution is 2.28. The van der Waals surface area contributed by atoms with E-state index >= 15 is 0 Å². The molecule has 96 valence electrons. The zero-order chi connectivity index (χ0) is 13.3. The molecular weight excluding hydrogens is 294 g/mol. The molecule has 0 aliphatic rings. The summed E-state index contributed by atoms with van der Waals surface area (Å²) in [7, 11) is 0. The van der Waals surface area contributed by atoms with Crippen LogP contribution in [0.15, 0.2) is 27.2 Å². The van der Waals surface area contributed by atoms with Gasteiger partial charge in [-0.25, -0.2) is 0 Å². The summed E-state index contributed by atoms with van der Waals surface area (Å²) in [5.74, 6) is 1.35. The number of nitrogens with two attached hydrogens (primary N) is 1. The average molecular weight is 310 g/mol. The Balaban J connectivity index is 2.38. The normalized spacial score (nSPS) is 13.0. The molecule has 0 radical (unpaired) electrons. The lowest BCUT2D eigenvalue weighted by molar-refractivity contribution is 0.400. The summed E-state index contributed by atoms with van der Waals surface area (Å²) in [5, 5.41) is 3.96. The van der Waals surface area contributed by atoms with Gasteiger partial charge in [0.05, 0.1) is 6.04 Å². The number of hydrogen-bond acceptors (Lipinski definition) is 4. The van der Waals surface area contributed by atoms with Crippen LogP contribution < -0.4 is 5.73 Å². The molecule has 0 saturated heterocycles. The highest BCUT2D eigenvalue weighted by atomic mass is 79.9. The van der Waals surface area contributed by atoms with Crippen LogP contribution in [0.5, 0.6) is 0 Å². The van der Waals surface area contributed by atoms with Gasteiger partial charge in [0, 0.05) is 10.0 Å². The van der Waals surface area contributed by atoms with Crippen LogP contribution >= 0.6 is 15.9 Å². The Bertz CT molecular complexity index is 551. The summed E-state index contributed by atoms with van der Waals surface area (Å²) >= 11 is 3.49. The molecule has 0 amide bonds. The predicted molar refractivity (Wildman–Crippen MR) is 73.9 cm³/mol. The average Bonchev–Trinajstić information content (AvgIpc) is 2.80. The summed E-state index contributed by atoms with van der Waals surface area (Å²) in [5.41, 5.74) is 8.01. The van der Waals surface area contributed by atoms with Gasteiger partial charge in [-0.3, -0.25) is 0 Å². The second-order valence-corrected chi connectivity index (χ2v) is 5.49. The molecule has 1 unspecified atom stereocenters. The van der Waals surface area contributed by atoms with Gasteiger partial charge >= 0.3 is 0 Å². The first-order chi connectivity index (χ1) is 8.50. The molecule has 18 heavy (non-hydrogen) atoms. The van der Waals surface area contributed by atoms with Crippen LogP contribution in [0.2, 0.25) is 0 Å². The molecule has 5 heteroatoms. The standard InChI is InChI=1S/C13H16BrN3O/c1-7(2)11(15)12-16-13(18-17-12)9-5-4-6-10(14)8(9)3/h4-7,11H,15H2,1-3H3. The van der Waals surface area contributed by atoms with Crippen molar-refractivity contribution in [3.63, 3.8) is 0 Å². The molecule has 1 aromatic heterocycles. The number of rotatable bonds is 3. The van der Waals surface area contributed by atoms with E-state index in [1.807, 2.05) is 39.0 Å². The van der Waals surface area contributed by atoms with Crippen LogP contribution in [0.25, 0.3) is 11.5 Å². The third-order valence-corrected chi connectivity index (χ3v) is 3.82. The number of halogens is 1. The van der Waals surface area contributed by atoms with Gasteiger partial charge in [-0.2, -0.15) is 4.98 Å². The van der Waals surface area contributed by atoms with E-state index < -0.39 is 0 Å². The topological polar surface area (TPSA) is 64.9 Å². The quantitative estimate of drug-likeness (QED) is 0.943. The molecule has 1 atom stereocenters. The van der Waals surface area contributed by atoms with E-state index in [1.54, 1.807) is 0 Å². The molecule has 2 rings (SSSR count). The first-order valence-corrected chi connectivity index (χ1v) is 6.64. The van der Waals surface area contributed by atoms with Gasteiger partial charge in [0.15, 0.2) is 5.82 Å². The summed E-state index contributed by atoms with van der Waals surface area (Å²) < 4.78 is 6.32. The fourth-order valence-corrected chi connectivity index (χ4v) is 1.98.